The molecular formula is C24H31N3O2. The first kappa shape index (κ1) is 19.8. The first-order valence-electron chi connectivity index (χ1n) is 10.6. The molecule has 1 atom stereocenters. The molecule has 154 valence electrons. The van der Waals surface area contributed by atoms with E-state index in [9.17, 15) is 4.79 Å². The predicted octanol–water partition coefficient (Wildman–Crippen LogP) is 3.35. The van der Waals surface area contributed by atoms with E-state index in [4.69, 9.17) is 4.74 Å². The van der Waals surface area contributed by atoms with Gasteiger partial charge in [-0.1, -0.05) is 36.4 Å². The largest absolute Gasteiger partial charge is 0.495 e. The molecule has 0 radical (unpaired) electrons. The second-order valence-corrected chi connectivity index (χ2v) is 8.06. The number of fused-ring (bicyclic) bond motifs is 1. The maximum atomic E-state index is 13.0. The molecule has 0 bridgehead atoms. The number of benzene rings is 2. The van der Waals surface area contributed by atoms with Crippen LogP contribution in [-0.2, 0) is 11.2 Å². The Morgan fingerprint density at radius 3 is 2.59 bits per heavy atom. The fraction of sp³-hybridized carbons (Fsp3) is 0.458. The van der Waals surface area contributed by atoms with Gasteiger partial charge in [-0.2, -0.15) is 0 Å². The molecule has 2 aliphatic rings. The van der Waals surface area contributed by atoms with Crippen molar-refractivity contribution in [3.8, 4) is 5.75 Å². The highest BCUT2D eigenvalue weighted by molar-refractivity contribution is 5.78. The van der Waals surface area contributed by atoms with Crippen molar-refractivity contribution in [2.24, 2.45) is 0 Å². The Morgan fingerprint density at radius 1 is 1.07 bits per heavy atom. The van der Waals surface area contributed by atoms with E-state index in [1.54, 1.807) is 7.11 Å². The van der Waals surface area contributed by atoms with E-state index >= 15 is 0 Å². The van der Waals surface area contributed by atoms with Gasteiger partial charge < -0.3 is 14.5 Å². The van der Waals surface area contributed by atoms with Crippen LogP contribution in [0.15, 0.2) is 48.5 Å². The fourth-order valence-corrected chi connectivity index (χ4v) is 4.70. The number of piperazine rings is 1. The number of nitrogens with zero attached hydrogens (tertiary/aromatic N) is 3. The zero-order valence-electron chi connectivity index (χ0n) is 17.5. The molecule has 0 spiro atoms. The number of ether oxygens (including phenoxy) is 1. The standard InChI is InChI=1S/C24H31N3O2/c1-25(21-12-7-9-19-8-3-4-10-20(19)21)18-24(28)27-16-14-26(15-17-27)22-11-5-6-13-23(22)29-2/h3-6,8,10-11,13,21H,7,9,12,14-18H2,1-2H3/t21-/m0/s1. The van der Waals surface area contributed by atoms with Gasteiger partial charge in [-0.05, 0) is 49.6 Å². The zero-order chi connectivity index (χ0) is 20.2. The van der Waals surface area contributed by atoms with Gasteiger partial charge in [0, 0.05) is 32.2 Å². The molecule has 2 aromatic carbocycles. The molecule has 0 N–H and O–H groups in total. The average molecular weight is 394 g/mol. The van der Waals surface area contributed by atoms with Gasteiger partial charge in [-0.15, -0.1) is 0 Å². The highest BCUT2D eigenvalue weighted by Gasteiger charge is 2.28. The molecule has 1 aliphatic carbocycles. The van der Waals surface area contributed by atoms with Crippen LogP contribution in [0.2, 0.25) is 0 Å². The first-order chi connectivity index (χ1) is 14.2. The summed E-state index contributed by atoms with van der Waals surface area (Å²) in [7, 11) is 3.80. The second-order valence-electron chi connectivity index (χ2n) is 8.06. The van der Waals surface area contributed by atoms with Crippen molar-refractivity contribution < 1.29 is 9.53 Å². The number of para-hydroxylation sites is 2. The Bertz CT molecular complexity index is 846. The molecule has 29 heavy (non-hydrogen) atoms. The summed E-state index contributed by atoms with van der Waals surface area (Å²) in [6.45, 7) is 3.66. The molecule has 1 saturated heterocycles. The van der Waals surface area contributed by atoms with Crippen molar-refractivity contribution in [1.82, 2.24) is 9.80 Å². The molecule has 2 aromatic rings. The van der Waals surface area contributed by atoms with Crippen molar-refractivity contribution in [2.45, 2.75) is 25.3 Å². The molecule has 4 rings (SSSR count). The number of rotatable bonds is 5. The number of hydrogen-bond donors (Lipinski definition) is 0. The molecule has 0 saturated carbocycles. The Hall–Kier alpha value is -2.53. The lowest BCUT2D eigenvalue weighted by Gasteiger charge is -2.38. The van der Waals surface area contributed by atoms with Crippen molar-refractivity contribution in [1.29, 1.82) is 0 Å². The molecule has 5 nitrogen and oxygen atoms in total. The van der Waals surface area contributed by atoms with Gasteiger partial charge in [0.2, 0.25) is 5.91 Å². The number of methoxy groups -OCH3 is 1. The lowest BCUT2D eigenvalue weighted by atomic mass is 9.87. The fourth-order valence-electron chi connectivity index (χ4n) is 4.70. The third-order valence-electron chi connectivity index (χ3n) is 6.31. The first-order valence-corrected chi connectivity index (χ1v) is 10.6. The van der Waals surface area contributed by atoms with Gasteiger partial charge >= 0.3 is 0 Å². The van der Waals surface area contributed by atoms with E-state index in [2.05, 4.69) is 47.2 Å². The quantitative estimate of drug-likeness (QED) is 0.781. The smallest absolute Gasteiger partial charge is 0.236 e. The molecule has 0 unspecified atom stereocenters. The maximum Gasteiger partial charge on any atom is 0.236 e. The third-order valence-corrected chi connectivity index (χ3v) is 6.31. The predicted molar refractivity (Wildman–Crippen MR) is 117 cm³/mol. The lowest BCUT2D eigenvalue weighted by Crippen LogP contribution is -2.51. The summed E-state index contributed by atoms with van der Waals surface area (Å²) < 4.78 is 5.49. The molecule has 1 heterocycles. The van der Waals surface area contributed by atoms with Gasteiger partial charge in [-0.25, -0.2) is 0 Å². The highest BCUT2D eigenvalue weighted by Crippen LogP contribution is 2.33. The third kappa shape index (κ3) is 4.25. The minimum Gasteiger partial charge on any atom is -0.495 e. The van der Waals surface area contributed by atoms with Crippen LogP contribution in [0.3, 0.4) is 0 Å². The average Bonchev–Trinajstić information content (AvgIpc) is 2.78. The van der Waals surface area contributed by atoms with Gasteiger partial charge in [0.1, 0.15) is 5.75 Å². The number of likely N-dealkylation sites (N-methyl/N-ethyl adjacent to an activating group) is 1. The number of anilines is 1. The Kier molecular flexibility index (Phi) is 6.05. The lowest BCUT2D eigenvalue weighted by molar-refractivity contribution is -0.133. The normalized spacial score (nSPS) is 19.2. The molecule has 1 fully saturated rings. The molecule has 5 heteroatoms. The monoisotopic (exact) mass is 393 g/mol. The van der Waals surface area contributed by atoms with E-state index in [0.29, 0.717) is 12.6 Å². The highest BCUT2D eigenvalue weighted by atomic mass is 16.5. The Balaban J connectivity index is 1.35. The summed E-state index contributed by atoms with van der Waals surface area (Å²) in [5.74, 6) is 1.12. The summed E-state index contributed by atoms with van der Waals surface area (Å²) in [5.41, 5.74) is 3.95. The molecule has 1 aliphatic heterocycles. The van der Waals surface area contributed by atoms with Gasteiger partial charge in [0.25, 0.3) is 0 Å². The minimum atomic E-state index is 0.232. The van der Waals surface area contributed by atoms with Crippen molar-refractivity contribution >= 4 is 11.6 Å². The van der Waals surface area contributed by atoms with E-state index in [-0.39, 0.29) is 5.91 Å². The Labute approximate surface area is 173 Å². The van der Waals surface area contributed by atoms with Gasteiger partial charge in [-0.3, -0.25) is 9.69 Å². The van der Waals surface area contributed by atoms with E-state index in [1.165, 1.54) is 17.5 Å². The molecular weight excluding hydrogens is 362 g/mol. The summed E-state index contributed by atoms with van der Waals surface area (Å²) in [6.07, 6.45) is 3.47. The zero-order valence-corrected chi connectivity index (χ0v) is 17.5. The van der Waals surface area contributed by atoms with Crippen LogP contribution >= 0.6 is 0 Å². The van der Waals surface area contributed by atoms with Crippen LogP contribution in [0.5, 0.6) is 5.75 Å². The van der Waals surface area contributed by atoms with E-state index in [1.807, 2.05) is 23.1 Å². The van der Waals surface area contributed by atoms with Crippen LogP contribution < -0.4 is 9.64 Å². The summed E-state index contributed by atoms with van der Waals surface area (Å²) >= 11 is 0. The second kappa shape index (κ2) is 8.87. The van der Waals surface area contributed by atoms with Crippen LogP contribution in [0.25, 0.3) is 0 Å². The van der Waals surface area contributed by atoms with Crippen LogP contribution in [0, 0.1) is 0 Å². The summed E-state index contributed by atoms with van der Waals surface area (Å²) in [4.78, 5) is 19.5. The Morgan fingerprint density at radius 2 is 1.79 bits per heavy atom. The van der Waals surface area contributed by atoms with Crippen molar-refractivity contribution in [2.75, 3.05) is 51.8 Å². The van der Waals surface area contributed by atoms with E-state index < -0.39 is 0 Å². The number of carbonyl (C=O) groups is 1. The van der Waals surface area contributed by atoms with Gasteiger partial charge in [0.05, 0.1) is 19.3 Å². The van der Waals surface area contributed by atoms with E-state index in [0.717, 1.165) is 50.5 Å². The number of amides is 1. The summed E-state index contributed by atoms with van der Waals surface area (Å²) in [6, 6.07) is 17.1. The SMILES string of the molecule is COc1ccccc1N1CCN(C(=O)CN(C)[C@H]2CCCc3ccccc32)CC1. The molecule has 0 aromatic heterocycles. The van der Waals surface area contributed by atoms with Crippen molar-refractivity contribution in [3.05, 3.63) is 59.7 Å². The summed E-state index contributed by atoms with van der Waals surface area (Å²) in [5, 5.41) is 0. The van der Waals surface area contributed by atoms with Crippen molar-refractivity contribution in [3.63, 3.8) is 0 Å². The number of hydrogen-bond acceptors (Lipinski definition) is 4. The van der Waals surface area contributed by atoms with Crippen LogP contribution in [0.1, 0.15) is 30.0 Å². The van der Waals surface area contributed by atoms with Crippen LogP contribution in [-0.4, -0.2) is 62.6 Å². The number of carbonyl (C=O) groups excluding carboxylic acids is 1. The number of aryl methyl sites for hydroxylation is 1. The topological polar surface area (TPSA) is 36.0 Å². The maximum absolute atomic E-state index is 13.0. The van der Waals surface area contributed by atoms with Gasteiger partial charge in [0.15, 0.2) is 0 Å². The molecule has 1 amide bonds. The van der Waals surface area contributed by atoms with Crippen LogP contribution in [0.4, 0.5) is 5.69 Å². The minimum absolute atomic E-state index is 0.232.